The third kappa shape index (κ3) is 7.83. The molecule has 250 valence electrons. The van der Waals surface area contributed by atoms with Gasteiger partial charge in [-0.3, -0.25) is 0 Å². The summed E-state index contributed by atoms with van der Waals surface area (Å²) < 4.78 is 69.5. The lowest BCUT2D eigenvalue weighted by molar-refractivity contribution is 0.164. The van der Waals surface area contributed by atoms with Crippen LogP contribution in [0.5, 0.6) is 0 Å². The fraction of sp³-hybridized carbons (Fsp3) is 0.550. The molecule has 0 aliphatic heterocycles. The molecule has 0 bridgehead atoms. The molecule has 0 amide bonds. The summed E-state index contributed by atoms with van der Waals surface area (Å²) in [6, 6.07) is 12.5. The van der Waals surface area contributed by atoms with Gasteiger partial charge in [0.1, 0.15) is 5.82 Å². The Bertz CT molecular complexity index is 1440. The van der Waals surface area contributed by atoms with E-state index in [4.69, 9.17) is 0 Å². The summed E-state index contributed by atoms with van der Waals surface area (Å²) in [6.45, 7) is 7.51. The van der Waals surface area contributed by atoms with E-state index >= 15 is 0 Å². The van der Waals surface area contributed by atoms with E-state index in [2.05, 4.69) is 26.0 Å². The van der Waals surface area contributed by atoms with E-state index in [0.717, 1.165) is 54.9 Å². The number of aryl methyl sites for hydroxylation is 1. The molecule has 0 spiro atoms. The Morgan fingerprint density at radius 1 is 0.533 bits per heavy atom. The largest absolute Gasteiger partial charge is 0.207 e. The fourth-order valence-electron chi connectivity index (χ4n) is 8.06. The lowest BCUT2D eigenvalue weighted by Gasteiger charge is -2.37. The maximum atomic E-state index is 14.2. The molecular weight excluding hydrogens is 575 g/mol. The van der Waals surface area contributed by atoms with Crippen LogP contribution in [0.4, 0.5) is 22.0 Å². The van der Waals surface area contributed by atoms with Crippen LogP contribution in [0.15, 0.2) is 42.5 Å². The molecule has 3 saturated carbocycles. The number of hydrogen-bond donors (Lipinski definition) is 0. The maximum Gasteiger partial charge on any atom is 0.166 e. The zero-order valence-electron chi connectivity index (χ0n) is 27.4. The van der Waals surface area contributed by atoms with Crippen LogP contribution >= 0.6 is 0 Å². The monoisotopic (exact) mass is 630 g/mol. The first-order valence-corrected chi connectivity index (χ1v) is 17.2. The molecule has 0 unspecified atom stereocenters. The summed E-state index contributed by atoms with van der Waals surface area (Å²) in [4.78, 5) is 0. The van der Waals surface area contributed by atoms with Crippen molar-refractivity contribution in [2.75, 3.05) is 0 Å². The van der Waals surface area contributed by atoms with Crippen molar-refractivity contribution >= 4 is 0 Å². The number of halogens is 5. The quantitative estimate of drug-likeness (QED) is 0.199. The predicted molar refractivity (Wildman–Crippen MR) is 180 cm³/mol. The molecule has 3 fully saturated rings. The molecule has 6 rings (SSSR count). The molecule has 0 heterocycles. The Morgan fingerprint density at radius 3 is 1.62 bits per heavy atom. The SMILES string of the molecule is Cc1c(F)cc(C2CCC(C3CCC(C)CC3)CC2)c(F)c1F.Cc1ccc(-c2ccc(C3CCC(C)CC3)cc2)c(F)c1F.[HH].[HH].[HH]. The smallest absolute Gasteiger partial charge is 0.166 e. The second-order valence-corrected chi connectivity index (χ2v) is 14.5. The van der Waals surface area contributed by atoms with Crippen molar-refractivity contribution in [2.24, 2.45) is 23.7 Å². The van der Waals surface area contributed by atoms with Gasteiger partial charge in [-0.25, -0.2) is 22.0 Å². The molecule has 5 heteroatoms. The van der Waals surface area contributed by atoms with E-state index in [-0.39, 0.29) is 21.3 Å². The number of hydrogen-bond acceptors (Lipinski definition) is 0. The predicted octanol–water partition coefficient (Wildman–Crippen LogP) is 13.5. The molecule has 45 heavy (non-hydrogen) atoms. The van der Waals surface area contributed by atoms with Crippen LogP contribution in [0.1, 0.15) is 129 Å². The lowest BCUT2D eigenvalue weighted by Crippen LogP contribution is -2.25. The van der Waals surface area contributed by atoms with Crippen molar-refractivity contribution in [1.29, 1.82) is 0 Å². The zero-order chi connectivity index (χ0) is 32.2. The third-order valence-corrected chi connectivity index (χ3v) is 11.3. The molecular formula is C40H55F5. The molecule has 0 radical (unpaired) electrons. The van der Waals surface area contributed by atoms with Gasteiger partial charge in [0, 0.05) is 15.4 Å². The minimum absolute atomic E-state index is 0. The first-order chi connectivity index (χ1) is 21.5. The van der Waals surface area contributed by atoms with Crippen LogP contribution in [-0.4, -0.2) is 0 Å². The highest BCUT2D eigenvalue weighted by Gasteiger charge is 2.32. The summed E-state index contributed by atoms with van der Waals surface area (Å²) in [6.07, 6.45) is 14.2. The van der Waals surface area contributed by atoms with E-state index in [1.54, 1.807) is 19.1 Å². The van der Waals surface area contributed by atoms with Gasteiger partial charge in [-0.15, -0.1) is 0 Å². The van der Waals surface area contributed by atoms with E-state index in [1.165, 1.54) is 69.9 Å². The van der Waals surface area contributed by atoms with Crippen molar-refractivity contribution in [3.8, 4) is 11.1 Å². The van der Waals surface area contributed by atoms with Crippen molar-refractivity contribution < 1.29 is 26.2 Å². The van der Waals surface area contributed by atoms with E-state index < -0.39 is 29.1 Å². The summed E-state index contributed by atoms with van der Waals surface area (Å²) in [5.74, 6) is -0.157. The average Bonchev–Trinajstić information content (AvgIpc) is 3.06. The number of rotatable bonds is 4. The second kappa shape index (κ2) is 14.8. The van der Waals surface area contributed by atoms with Crippen LogP contribution in [0.25, 0.3) is 11.1 Å². The second-order valence-electron chi connectivity index (χ2n) is 14.5. The van der Waals surface area contributed by atoms with Gasteiger partial charge in [0.15, 0.2) is 23.3 Å². The topological polar surface area (TPSA) is 0 Å². The van der Waals surface area contributed by atoms with Crippen molar-refractivity contribution in [2.45, 2.75) is 117 Å². The molecule has 0 nitrogen and oxygen atoms in total. The molecule has 3 aromatic carbocycles. The Labute approximate surface area is 271 Å². The van der Waals surface area contributed by atoms with Crippen LogP contribution in [0.3, 0.4) is 0 Å². The Kier molecular flexibility index (Phi) is 11.1. The Hall–Kier alpha value is -2.69. The Morgan fingerprint density at radius 2 is 1.04 bits per heavy atom. The van der Waals surface area contributed by atoms with Gasteiger partial charge < -0.3 is 0 Å². The van der Waals surface area contributed by atoms with Crippen molar-refractivity contribution in [1.82, 2.24) is 0 Å². The van der Waals surface area contributed by atoms with E-state index in [1.807, 2.05) is 12.1 Å². The molecule has 0 atom stereocenters. The molecule has 3 aliphatic carbocycles. The first kappa shape index (κ1) is 33.7. The van der Waals surface area contributed by atoms with Gasteiger partial charge in [0.2, 0.25) is 0 Å². The van der Waals surface area contributed by atoms with Gasteiger partial charge in [0.05, 0.1) is 0 Å². The maximum absolute atomic E-state index is 14.2. The lowest BCUT2D eigenvalue weighted by atomic mass is 9.68. The third-order valence-electron chi connectivity index (χ3n) is 11.3. The highest BCUT2D eigenvalue weighted by molar-refractivity contribution is 5.65. The van der Waals surface area contributed by atoms with Crippen LogP contribution in [-0.2, 0) is 0 Å². The molecule has 3 aromatic rings. The van der Waals surface area contributed by atoms with Crippen LogP contribution in [0, 0.1) is 66.6 Å². The summed E-state index contributed by atoms with van der Waals surface area (Å²) >= 11 is 0. The molecule has 0 N–H and O–H groups in total. The van der Waals surface area contributed by atoms with E-state index in [0.29, 0.717) is 17.0 Å². The normalized spacial score (nSPS) is 27.0. The molecule has 3 aliphatic rings. The standard InChI is InChI=1S/C20H27F3.C20H22F2.3H2/c1-12-3-5-14(6-4-12)15-7-9-16(10-8-15)17-11-18(21)13(2)19(22)20(17)23;1-13-3-6-15(7-4-13)16-8-10-17(11-9-16)18-12-5-14(2)19(21)20(18)22;;;/h11-12,14-16H,3-10H2,1-2H3;5,8-13,15H,3-4,6-7H2,1-2H3;3*1H. The molecule has 0 saturated heterocycles. The van der Waals surface area contributed by atoms with Crippen LogP contribution in [0.2, 0.25) is 0 Å². The van der Waals surface area contributed by atoms with Gasteiger partial charge in [-0.2, -0.15) is 0 Å². The number of benzene rings is 3. The summed E-state index contributed by atoms with van der Waals surface area (Å²) in [5.41, 5.74) is 2.78. The Balaban J connectivity index is 0.000000314. The summed E-state index contributed by atoms with van der Waals surface area (Å²) in [7, 11) is 0. The zero-order valence-corrected chi connectivity index (χ0v) is 27.4. The van der Waals surface area contributed by atoms with Crippen LogP contribution < -0.4 is 0 Å². The van der Waals surface area contributed by atoms with Gasteiger partial charge in [-0.1, -0.05) is 75.9 Å². The van der Waals surface area contributed by atoms with Crippen molar-refractivity contribution in [3.05, 3.63) is 93.8 Å². The molecule has 0 aromatic heterocycles. The fourth-order valence-corrected chi connectivity index (χ4v) is 8.06. The highest BCUT2D eigenvalue weighted by Crippen LogP contribution is 2.45. The minimum Gasteiger partial charge on any atom is -0.207 e. The minimum atomic E-state index is -1.01. The van der Waals surface area contributed by atoms with Gasteiger partial charge in [0.25, 0.3) is 0 Å². The average molecular weight is 631 g/mol. The van der Waals surface area contributed by atoms with E-state index in [9.17, 15) is 22.0 Å². The van der Waals surface area contributed by atoms with Gasteiger partial charge in [-0.05, 0) is 129 Å². The highest BCUT2D eigenvalue weighted by atomic mass is 19.2. The van der Waals surface area contributed by atoms with Gasteiger partial charge >= 0.3 is 0 Å². The summed E-state index contributed by atoms with van der Waals surface area (Å²) in [5, 5.41) is 0. The van der Waals surface area contributed by atoms with Crippen molar-refractivity contribution in [3.63, 3.8) is 0 Å². The first-order valence-electron chi connectivity index (χ1n) is 17.2.